The van der Waals surface area contributed by atoms with E-state index >= 15 is 0 Å². The maximum Gasteiger partial charge on any atom is 0.254 e. The van der Waals surface area contributed by atoms with Crippen LogP contribution in [-0.2, 0) is 16.1 Å². The number of nitrogens with one attached hydrogen (secondary N) is 2. The molecule has 1 aliphatic rings. The third-order valence-electron chi connectivity index (χ3n) is 7.90. The molecule has 2 N–H and O–H groups in total. The van der Waals surface area contributed by atoms with Gasteiger partial charge in [0, 0.05) is 42.1 Å². The van der Waals surface area contributed by atoms with Crippen LogP contribution >= 0.6 is 0 Å². The summed E-state index contributed by atoms with van der Waals surface area (Å²) in [4.78, 5) is 33.9. The Labute approximate surface area is 259 Å². The molecule has 10 heteroatoms. The van der Waals surface area contributed by atoms with E-state index in [9.17, 15) is 14.0 Å². The van der Waals surface area contributed by atoms with Gasteiger partial charge in [0.25, 0.3) is 11.8 Å². The van der Waals surface area contributed by atoms with Crippen molar-refractivity contribution in [3.05, 3.63) is 115 Å². The number of benzene rings is 4. The number of methoxy groups -OCH3 is 2. The van der Waals surface area contributed by atoms with Crippen LogP contribution < -0.4 is 24.8 Å². The average Bonchev–Trinajstić information content (AvgIpc) is 3.05. The summed E-state index contributed by atoms with van der Waals surface area (Å²) in [7, 11) is 3.13. The van der Waals surface area contributed by atoms with Crippen molar-refractivity contribution in [3.63, 3.8) is 0 Å². The first-order valence-corrected chi connectivity index (χ1v) is 14.4. The summed E-state index contributed by atoms with van der Waals surface area (Å²) in [6, 6.07) is 27.4. The average molecular weight is 607 g/mol. The van der Waals surface area contributed by atoms with Crippen molar-refractivity contribution < 1.29 is 28.2 Å². The summed E-state index contributed by atoms with van der Waals surface area (Å²) >= 11 is 0. The number of pyridine rings is 1. The van der Waals surface area contributed by atoms with Crippen molar-refractivity contribution in [2.75, 3.05) is 31.4 Å². The minimum Gasteiger partial charge on any atom is -0.493 e. The van der Waals surface area contributed by atoms with Crippen LogP contribution in [-0.4, -0.2) is 48.0 Å². The summed E-state index contributed by atoms with van der Waals surface area (Å²) < 4.78 is 30.5. The van der Waals surface area contributed by atoms with E-state index in [0.717, 1.165) is 10.9 Å². The topological polar surface area (TPSA) is 102 Å². The molecule has 0 spiro atoms. The van der Waals surface area contributed by atoms with Gasteiger partial charge in [-0.05, 0) is 72.6 Å². The molecular weight excluding hydrogens is 575 g/mol. The lowest BCUT2D eigenvalue weighted by Gasteiger charge is -2.49. The molecule has 9 nitrogen and oxygen atoms in total. The number of nitrogens with zero attached hydrogens (tertiary/aromatic N) is 2. The predicted octanol–water partition coefficient (Wildman–Crippen LogP) is 6.41. The summed E-state index contributed by atoms with van der Waals surface area (Å²) in [5.74, 6) is 0.862. The van der Waals surface area contributed by atoms with E-state index in [-0.39, 0.29) is 0 Å². The van der Waals surface area contributed by atoms with Crippen molar-refractivity contribution in [2.24, 2.45) is 0 Å². The maximum atomic E-state index is 13.9. The molecule has 1 atom stereocenters. The molecule has 4 aromatic carbocycles. The molecule has 1 unspecified atom stereocenters. The molecule has 0 saturated carbocycles. The lowest BCUT2D eigenvalue weighted by Crippen LogP contribution is -2.71. The van der Waals surface area contributed by atoms with Crippen molar-refractivity contribution in [2.45, 2.75) is 18.5 Å². The first-order chi connectivity index (χ1) is 21.9. The number of carbonyl (C=O) groups excluding carboxylic acids is 2. The van der Waals surface area contributed by atoms with Crippen LogP contribution in [0, 0.1) is 5.82 Å². The molecule has 1 saturated heterocycles. The second-order valence-corrected chi connectivity index (χ2v) is 10.6. The van der Waals surface area contributed by atoms with Crippen LogP contribution in [0.3, 0.4) is 0 Å². The van der Waals surface area contributed by atoms with E-state index in [1.165, 1.54) is 24.3 Å². The highest BCUT2D eigenvalue weighted by Crippen LogP contribution is 2.38. The van der Waals surface area contributed by atoms with Gasteiger partial charge in [0.15, 0.2) is 17.0 Å². The number of anilines is 2. The number of hydrogen-bond donors (Lipinski definition) is 2. The predicted molar refractivity (Wildman–Crippen MR) is 169 cm³/mol. The normalized spacial score (nSPS) is 16.0. The second-order valence-electron chi connectivity index (χ2n) is 10.6. The number of halogens is 1. The summed E-state index contributed by atoms with van der Waals surface area (Å²) in [6.07, 6.45) is 1.97. The number of fused-ring (bicyclic) bond motifs is 1. The molecule has 0 aliphatic carbocycles. The molecule has 228 valence electrons. The molecule has 0 bridgehead atoms. The summed E-state index contributed by atoms with van der Waals surface area (Å²) in [5.41, 5.74) is 1.10. The van der Waals surface area contributed by atoms with E-state index in [1.54, 1.807) is 62.9 Å². The summed E-state index contributed by atoms with van der Waals surface area (Å²) in [6.45, 7) is 0.969. The summed E-state index contributed by atoms with van der Waals surface area (Å²) in [5, 5.41) is 6.48. The second kappa shape index (κ2) is 12.6. The van der Waals surface area contributed by atoms with Crippen LogP contribution in [0.5, 0.6) is 23.0 Å². The van der Waals surface area contributed by atoms with Gasteiger partial charge in [-0.25, -0.2) is 4.39 Å². The molecule has 0 radical (unpaired) electrons. The third-order valence-corrected chi connectivity index (χ3v) is 7.90. The van der Waals surface area contributed by atoms with Crippen molar-refractivity contribution in [1.82, 2.24) is 9.88 Å². The van der Waals surface area contributed by atoms with Crippen molar-refractivity contribution in [3.8, 4) is 23.0 Å². The molecule has 2 amide bonds. The smallest absolute Gasteiger partial charge is 0.254 e. The van der Waals surface area contributed by atoms with Gasteiger partial charge in [0.05, 0.1) is 19.7 Å². The van der Waals surface area contributed by atoms with Crippen LogP contribution in [0.25, 0.3) is 10.9 Å². The highest BCUT2D eigenvalue weighted by atomic mass is 19.1. The highest BCUT2D eigenvalue weighted by Gasteiger charge is 2.57. The number of amides is 2. The zero-order chi connectivity index (χ0) is 31.4. The highest BCUT2D eigenvalue weighted by molar-refractivity contribution is 6.19. The van der Waals surface area contributed by atoms with Gasteiger partial charge in [-0.15, -0.1) is 0 Å². The van der Waals surface area contributed by atoms with Crippen molar-refractivity contribution >= 4 is 34.1 Å². The lowest BCUT2D eigenvalue weighted by molar-refractivity contribution is -0.151. The fourth-order valence-corrected chi connectivity index (χ4v) is 5.40. The Kier molecular flexibility index (Phi) is 8.30. The zero-order valence-corrected chi connectivity index (χ0v) is 24.7. The van der Waals surface area contributed by atoms with Crippen LogP contribution in [0.15, 0.2) is 103 Å². The molecule has 1 aromatic heterocycles. The van der Waals surface area contributed by atoms with Gasteiger partial charge in [-0.1, -0.05) is 30.3 Å². The largest absolute Gasteiger partial charge is 0.493 e. The van der Waals surface area contributed by atoms with E-state index in [4.69, 9.17) is 14.2 Å². The Hall–Kier alpha value is -5.48. The Morgan fingerprint density at radius 3 is 2.04 bits per heavy atom. The van der Waals surface area contributed by atoms with E-state index in [2.05, 4.69) is 15.6 Å². The fourth-order valence-electron chi connectivity index (χ4n) is 5.40. The number of hydrogen-bond acceptors (Lipinski definition) is 7. The molecular formula is C35H31FN4O5. The zero-order valence-electron chi connectivity index (χ0n) is 24.7. The standard InChI is InChI=1S/C35H31FN4O5/c1-43-31-20-28-29(21-32(31)44-2)37-18-16-30(28)45-27-14-12-26(13-15-27)39-34(42)35(33(41)38-25-10-8-24(36)9-11-25)17-19-40(35)22-23-6-4-3-5-7-23/h3-16,18,20-21H,17,19,22H2,1-2H3,(H,38,41)(H,39,42). The minimum atomic E-state index is -1.46. The van der Waals surface area contributed by atoms with Crippen molar-refractivity contribution in [1.29, 1.82) is 0 Å². The van der Waals surface area contributed by atoms with Crippen LogP contribution in [0.2, 0.25) is 0 Å². The van der Waals surface area contributed by atoms with Gasteiger partial charge in [0.2, 0.25) is 0 Å². The molecule has 1 fully saturated rings. The first-order valence-electron chi connectivity index (χ1n) is 14.4. The Morgan fingerprint density at radius 2 is 1.44 bits per heavy atom. The number of aromatic nitrogens is 1. The van der Waals surface area contributed by atoms with E-state index in [1.807, 2.05) is 35.2 Å². The van der Waals surface area contributed by atoms with Gasteiger partial charge in [-0.3, -0.25) is 19.5 Å². The van der Waals surface area contributed by atoms with Gasteiger partial charge < -0.3 is 24.8 Å². The number of carbonyl (C=O) groups is 2. The molecule has 6 rings (SSSR count). The Bertz CT molecular complexity index is 1830. The molecule has 5 aromatic rings. The number of ether oxygens (including phenoxy) is 3. The Balaban J connectivity index is 1.22. The Morgan fingerprint density at radius 1 is 0.822 bits per heavy atom. The molecule has 2 heterocycles. The minimum absolute atomic E-state index is 0.323. The molecule has 1 aliphatic heterocycles. The SMILES string of the molecule is COc1cc2nccc(Oc3ccc(NC(=O)C4(C(=O)Nc5ccc(F)cc5)CCN4Cc4ccccc4)cc3)c2cc1OC. The monoisotopic (exact) mass is 606 g/mol. The number of rotatable bonds is 10. The maximum absolute atomic E-state index is 13.9. The van der Waals surface area contributed by atoms with Gasteiger partial charge in [-0.2, -0.15) is 0 Å². The quantitative estimate of drug-likeness (QED) is 0.177. The van der Waals surface area contributed by atoms with E-state index in [0.29, 0.717) is 59.4 Å². The van der Waals surface area contributed by atoms with Gasteiger partial charge in [0.1, 0.15) is 17.3 Å². The number of likely N-dealkylation sites (tertiary alicyclic amines) is 1. The third kappa shape index (κ3) is 6.00. The van der Waals surface area contributed by atoms with E-state index < -0.39 is 23.2 Å². The van der Waals surface area contributed by atoms with Crippen LogP contribution in [0.4, 0.5) is 15.8 Å². The molecule has 45 heavy (non-hydrogen) atoms. The van der Waals surface area contributed by atoms with Gasteiger partial charge >= 0.3 is 0 Å². The van der Waals surface area contributed by atoms with Crippen LogP contribution in [0.1, 0.15) is 12.0 Å². The first kappa shape index (κ1) is 29.6. The lowest BCUT2D eigenvalue weighted by atomic mass is 9.81. The fraction of sp³-hybridized carbons (Fsp3) is 0.171.